The Morgan fingerprint density at radius 2 is 1.64 bits per heavy atom. The Hall–Kier alpha value is -3.47. The topological polar surface area (TPSA) is 54.0 Å². The van der Waals surface area contributed by atoms with Gasteiger partial charge in [-0.2, -0.15) is 0 Å². The molecule has 5 rings (SSSR count). The summed E-state index contributed by atoms with van der Waals surface area (Å²) in [5, 5.41) is 0. The van der Waals surface area contributed by atoms with Gasteiger partial charge in [0.2, 0.25) is 0 Å². The molecule has 5 heteroatoms. The zero-order valence-electron chi connectivity index (χ0n) is 19.2. The van der Waals surface area contributed by atoms with Crippen molar-refractivity contribution in [2.45, 2.75) is 25.2 Å². The summed E-state index contributed by atoms with van der Waals surface area (Å²) in [4.78, 5) is 13.8. The zero-order valence-corrected chi connectivity index (χ0v) is 19.2. The third kappa shape index (κ3) is 3.62. The van der Waals surface area contributed by atoms with Crippen molar-refractivity contribution in [3.8, 4) is 23.0 Å². The van der Waals surface area contributed by atoms with E-state index in [2.05, 4.69) is 6.07 Å². The van der Waals surface area contributed by atoms with E-state index in [4.69, 9.17) is 18.9 Å². The molecule has 1 aliphatic heterocycles. The van der Waals surface area contributed by atoms with Gasteiger partial charge >= 0.3 is 0 Å². The highest BCUT2D eigenvalue weighted by molar-refractivity contribution is 6.01. The van der Waals surface area contributed by atoms with Gasteiger partial charge in [-0.1, -0.05) is 42.5 Å². The molecule has 33 heavy (non-hydrogen) atoms. The number of para-hydroxylation sites is 1. The number of carbonyl (C=O) groups is 1. The standard InChI is InChI=1S/C28H28O5/c1-4-32-23-12-8-11-19-20-13-18(16-33-28(19)23)26(27(29)17-9-6-5-7-10-17)22-15-25(31-3)24(30-2)14-21(20)22/h5-12,14-15,18,20,26H,4,13,16H2,1-3H3/t18-,20+,26-/m0/s1. The minimum absolute atomic E-state index is 0.0233. The molecule has 2 bridgehead atoms. The number of hydrogen-bond donors (Lipinski definition) is 0. The van der Waals surface area contributed by atoms with Crippen molar-refractivity contribution in [1.82, 2.24) is 0 Å². The Bertz CT molecular complexity index is 1170. The first-order chi connectivity index (χ1) is 16.2. The van der Waals surface area contributed by atoms with Gasteiger partial charge in [0.1, 0.15) is 0 Å². The summed E-state index contributed by atoms with van der Waals surface area (Å²) in [6.07, 6.45) is 0.814. The summed E-state index contributed by atoms with van der Waals surface area (Å²) < 4.78 is 23.5. The van der Waals surface area contributed by atoms with Crippen LogP contribution in [0.25, 0.3) is 0 Å². The molecule has 170 valence electrons. The third-order valence-corrected chi connectivity index (χ3v) is 6.78. The molecule has 0 saturated carbocycles. The number of methoxy groups -OCH3 is 2. The van der Waals surface area contributed by atoms with Crippen LogP contribution in [0.1, 0.15) is 52.2 Å². The quantitative estimate of drug-likeness (QED) is 0.463. The van der Waals surface area contributed by atoms with E-state index in [0.29, 0.717) is 30.3 Å². The first kappa shape index (κ1) is 21.4. The van der Waals surface area contributed by atoms with Crippen LogP contribution in [0, 0.1) is 5.92 Å². The zero-order chi connectivity index (χ0) is 22.9. The maximum Gasteiger partial charge on any atom is 0.170 e. The van der Waals surface area contributed by atoms with Crippen molar-refractivity contribution in [3.63, 3.8) is 0 Å². The molecule has 3 atom stereocenters. The van der Waals surface area contributed by atoms with Crippen LogP contribution in [0.3, 0.4) is 0 Å². The Morgan fingerprint density at radius 1 is 0.909 bits per heavy atom. The molecule has 0 aromatic heterocycles. The Morgan fingerprint density at radius 3 is 2.33 bits per heavy atom. The number of ketones is 1. The minimum Gasteiger partial charge on any atom is -0.493 e. The van der Waals surface area contributed by atoms with E-state index in [-0.39, 0.29) is 23.5 Å². The number of fused-ring (bicyclic) bond motifs is 6. The molecule has 0 unspecified atom stereocenters. The second kappa shape index (κ2) is 8.81. The van der Waals surface area contributed by atoms with E-state index in [1.165, 1.54) is 0 Å². The van der Waals surface area contributed by atoms with Crippen LogP contribution in [0.15, 0.2) is 60.7 Å². The Balaban J connectivity index is 1.71. The maximum absolute atomic E-state index is 13.8. The summed E-state index contributed by atoms with van der Waals surface area (Å²) >= 11 is 0. The van der Waals surface area contributed by atoms with Crippen LogP contribution in [-0.2, 0) is 0 Å². The lowest BCUT2D eigenvalue weighted by Crippen LogP contribution is -2.32. The van der Waals surface area contributed by atoms with Gasteiger partial charge in [0.05, 0.1) is 33.4 Å². The minimum atomic E-state index is -0.330. The first-order valence-corrected chi connectivity index (χ1v) is 11.4. The van der Waals surface area contributed by atoms with Crippen LogP contribution in [-0.4, -0.2) is 33.2 Å². The highest BCUT2D eigenvalue weighted by Crippen LogP contribution is 2.54. The van der Waals surface area contributed by atoms with Crippen LogP contribution in [0.4, 0.5) is 0 Å². The lowest BCUT2D eigenvalue weighted by molar-refractivity contribution is 0.0890. The largest absolute Gasteiger partial charge is 0.493 e. The fourth-order valence-corrected chi connectivity index (χ4v) is 5.32. The molecular formula is C28H28O5. The molecule has 0 amide bonds. The number of hydrogen-bond acceptors (Lipinski definition) is 5. The van der Waals surface area contributed by atoms with E-state index < -0.39 is 0 Å². The predicted molar refractivity (Wildman–Crippen MR) is 126 cm³/mol. The van der Waals surface area contributed by atoms with Gasteiger partial charge in [0.15, 0.2) is 28.8 Å². The number of ether oxygens (including phenoxy) is 4. The summed E-state index contributed by atoms with van der Waals surface area (Å²) in [6.45, 7) is 2.98. The number of benzene rings is 3. The van der Waals surface area contributed by atoms with Crippen molar-refractivity contribution < 1.29 is 23.7 Å². The van der Waals surface area contributed by atoms with Crippen LogP contribution < -0.4 is 18.9 Å². The number of Topliss-reactive ketones (excluding diaryl/α,β-unsaturated/α-hetero) is 1. The van der Waals surface area contributed by atoms with Gasteiger partial charge in [-0.15, -0.1) is 0 Å². The van der Waals surface area contributed by atoms with E-state index >= 15 is 0 Å². The lowest BCUT2D eigenvalue weighted by Gasteiger charge is -2.36. The molecule has 0 spiro atoms. The monoisotopic (exact) mass is 444 g/mol. The fraction of sp³-hybridized carbons (Fsp3) is 0.321. The average molecular weight is 445 g/mol. The average Bonchev–Trinajstić information content (AvgIpc) is 3.02. The summed E-state index contributed by atoms with van der Waals surface area (Å²) in [6, 6.07) is 19.6. The highest BCUT2D eigenvalue weighted by Gasteiger charge is 2.43. The molecule has 3 aromatic carbocycles. The van der Waals surface area contributed by atoms with Gasteiger partial charge < -0.3 is 18.9 Å². The molecule has 2 aliphatic rings. The molecule has 0 radical (unpaired) electrons. The number of carbonyl (C=O) groups excluding carboxylic acids is 1. The van der Waals surface area contributed by atoms with Gasteiger partial charge in [-0.3, -0.25) is 4.79 Å². The van der Waals surface area contributed by atoms with Crippen molar-refractivity contribution in [3.05, 3.63) is 82.9 Å². The van der Waals surface area contributed by atoms with Gasteiger partial charge in [-0.05, 0) is 42.7 Å². The highest BCUT2D eigenvalue weighted by atomic mass is 16.5. The SMILES string of the molecule is CCOc1cccc2c1OC[C@@H]1C[C@H]2c2cc(OC)c(OC)cc2[C@H]1C(=O)c1ccccc1. The van der Waals surface area contributed by atoms with Crippen molar-refractivity contribution in [2.75, 3.05) is 27.4 Å². The van der Waals surface area contributed by atoms with Gasteiger partial charge in [0, 0.05) is 23.0 Å². The second-order valence-electron chi connectivity index (χ2n) is 8.51. The molecule has 0 N–H and O–H groups in total. The van der Waals surface area contributed by atoms with E-state index in [1.807, 2.05) is 61.5 Å². The van der Waals surface area contributed by atoms with Crippen LogP contribution in [0.2, 0.25) is 0 Å². The van der Waals surface area contributed by atoms with Crippen molar-refractivity contribution >= 4 is 5.78 Å². The summed E-state index contributed by atoms with van der Waals surface area (Å²) in [5.41, 5.74) is 3.86. The Labute approximate surface area is 194 Å². The number of rotatable bonds is 6. The van der Waals surface area contributed by atoms with E-state index in [0.717, 1.165) is 34.6 Å². The first-order valence-electron chi connectivity index (χ1n) is 11.4. The lowest BCUT2D eigenvalue weighted by atomic mass is 9.66. The van der Waals surface area contributed by atoms with E-state index in [9.17, 15) is 4.79 Å². The van der Waals surface area contributed by atoms with Crippen molar-refractivity contribution in [2.24, 2.45) is 5.92 Å². The molecular weight excluding hydrogens is 416 g/mol. The summed E-state index contributed by atoms with van der Waals surface area (Å²) in [7, 11) is 3.26. The predicted octanol–water partition coefficient (Wildman–Crippen LogP) is 5.61. The maximum atomic E-state index is 13.8. The van der Waals surface area contributed by atoms with Crippen LogP contribution in [0.5, 0.6) is 23.0 Å². The van der Waals surface area contributed by atoms with Crippen molar-refractivity contribution in [1.29, 1.82) is 0 Å². The summed E-state index contributed by atoms with van der Waals surface area (Å²) in [5.74, 6) is 2.68. The van der Waals surface area contributed by atoms with E-state index in [1.54, 1.807) is 14.2 Å². The van der Waals surface area contributed by atoms with Gasteiger partial charge in [-0.25, -0.2) is 0 Å². The molecule has 5 nitrogen and oxygen atoms in total. The van der Waals surface area contributed by atoms with Gasteiger partial charge in [0.25, 0.3) is 0 Å². The fourth-order valence-electron chi connectivity index (χ4n) is 5.32. The third-order valence-electron chi connectivity index (χ3n) is 6.78. The molecule has 3 aromatic rings. The Kier molecular flexibility index (Phi) is 5.71. The second-order valence-corrected chi connectivity index (χ2v) is 8.51. The molecule has 0 fully saturated rings. The molecule has 0 saturated heterocycles. The molecule has 1 aliphatic carbocycles. The normalized spacial score (nSPS) is 20.5. The smallest absolute Gasteiger partial charge is 0.170 e. The molecule has 1 heterocycles. The van der Waals surface area contributed by atoms with Crippen LogP contribution >= 0.6 is 0 Å².